The van der Waals surface area contributed by atoms with Gasteiger partial charge in [0.15, 0.2) is 0 Å². The Morgan fingerprint density at radius 3 is 3.22 bits per heavy atom. The van der Waals surface area contributed by atoms with Gasteiger partial charge in [-0.15, -0.1) is 5.10 Å². The van der Waals surface area contributed by atoms with E-state index in [9.17, 15) is 4.79 Å². The summed E-state index contributed by atoms with van der Waals surface area (Å²) in [6, 6.07) is 0. The normalized spacial score (nSPS) is 17.3. The predicted molar refractivity (Wildman–Crippen MR) is 86.6 cm³/mol. The first-order valence-corrected chi connectivity index (χ1v) is 8.33. The largest absolute Gasteiger partial charge is 0.365 e. The number of hydrogen-bond acceptors (Lipinski definition) is 6. The summed E-state index contributed by atoms with van der Waals surface area (Å²) in [5.41, 5.74) is 7.86. The third kappa shape index (κ3) is 2.56. The Balaban J connectivity index is 1.44. The number of carbonyl (C=O) groups excluding carboxylic acids is 1. The molecule has 1 aliphatic rings. The van der Waals surface area contributed by atoms with Crippen LogP contribution in [0.4, 0.5) is 5.13 Å². The highest BCUT2D eigenvalue weighted by Gasteiger charge is 2.24. The maximum Gasteiger partial charge on any atom is 0.252 e. The number of nitrogens with zero attached hydrogens (tertiary/aromatic N) is 5. The fourth-order valence-electron chi connectivity index (χ4n) is 2.99. The summed E-state index contributed by atoms with van der Waals surface area (Å²) in [6.45, 7) is 3.57. The third-order valence-electron chi connectivity index (χ3n) is 4.15. The molecule has 120 valence electrons. The second-order valence-electron chi connectivity index (χ2n) is 5.85. The van der Waals surface area contributed by atoms with Gasteiger partial charge in [0.1, 0.15) is 0 Å². The van der Waals surface area contributed by atoms with Gasteiger partial charge in [0, 0.05) is 13.1 Å². The van der Waals surface area contributed by atoms with Crippen molar-refractivity contribution in [1.29, 1.82) is 0 Å². The van der Waals surface area contributed by atoms with E-state index in [2.05, 4.69) is 20.5 Å². The Morgan fingerprint density at radius 2 is 2.43 bits per heavy atom. The van der Waals surface area contributed by atoms with Gasteiger partial charge in [0.05, 0.1) is 29.3 Å². The molecular formula is C14H17N7OS. The molecule has 0 aromatic carbocycles. The van der Waals surface area contributed by atoms with Crippen molar-refractivity contribution in [3.8, 4) is 0 Å². The summed E-state index contributed by atoms with van der Waals surface area (Å²) in [7, 11) is 0. The van der Waals surface area contributed by atoms with Gasteiger partial charge in [-0.1, -0.05) is 11.3 Å². The van der Waals surface area contributed by atoms with Crippen LogP contribution in [0.5, 0.6) is 0 Å². The number of anilines is 1. The topological polar surface area (TPSA) is 103 Å². The number of nitrogens with two attached hydrogens (primary N) is 1. The van der Waals surface area contributed by atoms with Crippen LogP contribution >= 0.6 is 11.3 Å². The van der Waals surface area contributed by atoms with Crippen LogP contribution < -0.4 is 11.1 Å². The van der Waals surface area contributed by atoms with Crippen LogP contribution in [0.15, 0.2) is 12.4 Å². The number of carbonyl (C=O) groups is 1. The summed E-state index contributed by atoms with van der Waals surface area (Å²) >= 11 is 1.54. The highest BCUT2D eigenvalue weighted by molar-refractivity contribution is 7.20. The van der Waals surface area contributed by atoms with E-state index in [1.165, 1.54) is 11.3 Å². The van der Waals surface area contributed by atoms with Crippen molar-refractivity contribution in [1.82, 2.24) is 24.4 Å². The van der Waals surface area contributed by atoms with Gasteiger partial charge in [0.25, 0.3) is 5.91 Å². The molecule has 0 unspecified atom stereocenters. The number of imidazole rings is 1. The number of aromatic nitrogens is 5. The molecule has 1 atom stereocenters. The Bertz CT molecular complexity index is 846. The molecule has 4 rings (SSSR count). The third-order valence-corrected chi connectivity index (χ3v) is 5.03. The number of nitrogens with one attached hydrogen (secondary N) is 1. The van der Waals surface area contributed by atoms with Crippen molar-refractivity contribution < 1.29 is 4.79 Å². The van der Waals surface area contributed by atoms with Gasteiger partial charge >= 0.3 is 0 Å². The lowest BCUT2D eigenvalue weighted by Gasteiger charge is -2.23. The Morgan fingerprint density at radius 1 is 1.57 bits per heavy atom. The van der Waals surface area contributed by atoms with Crippen LogP contribution in [0.2, 0.25) is 0 Å². The van der Waals surface area contributed by atoms with Gasteiger partial charge in [-0.25, -0.2) is 9.50 Å². The lowest BCUT2D eigenvalue weighted by Crippen LogP contribution is -2.27. The van der Waals surface area contributed by atoms with Crippen molar-refractivity contribution in [3.63, 3.8) is 0 Å². The first kappa shape index (κ1) is 14.2. The minimum atomic E-state index is -0.406. The Labute approximate surface area is 136 Å². The quantitative estimate of drug-likeness (QED) is 0.744. The predicted octanol–water partition coefficient (Wildman–Crippen LogP) is 1.07. The molecule has 0 radical (unpaired) electrons. The zero-order valence-electron chi connectivity index (χ0n) is 12.7. The highest BCUT2D eigenvalue weighted by Crippen LogP contribution is 2.24. The van der Waals surface area contributed by atoms with E-state index < -0.39 is 5.91 Å². The Kier molecular flexibility index (Phi) is 3.29. The molecule has 1 amide bonds. The Hall–Kier alpha value is -2.42. The first-order valence-electron chi connectivity index (χ1n) is 7.51. The number of primary amides is 1. The summed E-state index contributed by atoms with van der Waals surface area (Å²) in [4.78, 5) is 16.7. The van der Waals surface area contributed by atoms with Crippen LogP contribution in [0.25, 0.3) is 4.96 Å². The maximum absolute atomic E-state index is 11.5. The van der Waals surface area contributed by atoms with Gasteiger partial charge in [-0.05, 0) is 25.7 Å². The van der Waals surface area contributed by atoms with E-state index in [0.717, 1.165) is 47.4 Å². The van der Waals surface area contributed by atoms with Crippen molar-refractivity contribution in [2.24, 2.45) is 11.7 Å². The average Bonchev–Trinajstić information content (AvgIpc) is 3.16. The number of rotatable bonds is 4. The van der Waals surface area contributed by atoms with E-state index in [-0.39, 0.29) is 0 Å². The van der Waals surface area contributed by atoms with Crippen LogP contribution in [-0.2, 0) is 13.0 Å². The van der Waals surface area contributed by atoms with E-state index in [4.69, 9.17) is 5.73 Å². The second kappa shape index (κ2) is 5.34. The van der Waals surface area contributed by atoms with Crippen LogP contribution in [-0.4, -0.2) is 36.8 Å². The smallest absolute Gasteiger partial charge is 0.252 e. The molecule has 0 fully saturated rings. The number of aryl methyl sites for hydroxylation is 2. The highest BCUT2D eigenvalue weighted by atomic mass is 32.1. The molecule has 3 aromatic heterocycles. The molecule has 3 N–H and O–H groups in total. The van der Waals surface area contributed by atoms with E-state index in [1.54, 1.807) is 10.7 Å². The van der Waals surface area contributed by atoms with E-state index in [0.29, 0.717) is 11.5 Å². The molecule has 23 heavy (non-hydrogen) atoms. The minimum absolute atomic E-state index is 0.406. The molecule has 4 heterocycles. The van der Waals surface area contributed by atoms with Crippen LogP contribution in [0.1, 0.15) is 28.2 Å². The van der Waals surface area contributed by atoms with Crippen molar-refractivity contribution >= 4 is 27.3 Å². The average molecular weight is 331 g/mol. The second-order valence-corrected chi connectivity index (χ2v) is 6.80. The zero-order chi connectivity index (χ0) is 16.0. The van der Waals surface area contributed by atoms with Crippen molar-refractivity contribution in [2.45, 2.75) is 26.3 Å². The monoisotopic (exact) mass is 331 g/mol. The molecule has 1 aliphatic heterocycles. The number of fused-ring (bicyclic) bond motifs is 2. The number of amides is 1. The molecule has 0 aliphatic carbocycles. The molecule has 0 saturated carbocycles. The summed E-state index contributed by atoms with van der Waals surface area (Å²) in [6.07, 6.45) is 5.30. The van der Waals surface area contributed by atoms with E-state index in [1.807, 2.05) is 17.8 Å². The lowest BCUT2D eigenvalue weighted by atomic mass is 9.94. The van der Waals surface area contributed by atoms with Gasteiger partial charge in [-0.2, -0.15) is 5.10 Å². The van der Waals surface area contributed by atoms with E-state index >= 15 is 0 Å². The lowest BCUT2D eigenvalue weighted by molar-refractivity contribution is 0.0998. The maximum atomic E-state index is 11.5. The molecule has 0 saturated heterocycles. The first-order chi connectivity index (χ1) is 11.1. The van der Waals surface area contributed by atoms with Crippen molar-refractivity contribution in [3.05, 3.63) is 29.3 Å². The summed E-state index contributed by atoms with van der Waals surface area (Å²) in [5.74, 6) is 0.0200. The van der Waals surface area contributed by atoms with Gasteiger partial charge in [-0.3, -0.25) is 9.48 Å². The van der Waals surface area contributed by atoms with Crippen LogP contribution in [0, 0.1) is 12.8 Å². The molecule has 9 heteroatoms. The van der Waals surface area contributed by atoms with Crippen LogP contribution in [0.3, 0.4) is 0 Å². The molecule has 3 aromatic rings. The molecule has 0 spiro atoms. The fourth-order valence-corrected chi connectivity index (χ4v) is 3.83. The zero-order valence-corrected chi connectivity index (χ0v) is 13.5. The van der Waals surface area contributed by atoms with Crippen molar-refractivity contribution in [2.75, 3.05) is 11.9 Å². The summed E-state index contributed by atoms with van der Waals surface area (Å²) in [5, 5.41) is 12.9. The number of hydrogen-bond donors (Lipinski definition) is 2. The summed E-state index contributed by atoms with van der Waals surface area (Å²) < 4.78 is 3.68. The fraction of sp³-hybridized carbons (Fsp3) is 0.429. The SMILES string of the molecule is Cc1cn2nc(NC[C@H]3CCn4ncc(C(N)=O)c4C3)sc2n1. The molecule has 8 nitrogen and oxygen atoms in total. The van der Waals surface area contributed by atoms with Gasteiger partial charge < -0.3 is 11.1 Å². The van der Waals surface area contributed by atoms with Gasteiger partial charge in [0.2, 0.25) is 10.1 Å². The molecule has 0 bridgehead atoms. The minimum Gasteiger partial charge on any atom is -0.365 e. The molecular weight excluding hydrogens is 314 g/mol. The standard InChI is InChI=1S/C14H17N7OS/c1-8-7-21-14(18-8)23-13(19-21)16-5-9-2-3-20-11(4-9)10(6-17-20)12(15)22/h6-7,9H,2-5H2,1H3,(H2,15,22)(H,16,19)/t9-/m0/s1.